The van der Waals surface area contributed by atoms with Crippen molar-refractivity contribution in [3.8, 4) is 0 Å². The summed E-state index contributed by atoms with van der Waals surface area (Å²) in [5, 5.41) is 2.92. The van der Waals surface area contributed by atoms with Gasteiger partial charge in [0.05, 0.1) is 12.2 Å². The molecule has 0 saturated heterocycles. The van der Waals surface area contributed by atoms with Gasteiger partial charge < -0.3 is 10.1 Å². The van der Waals surface area contributed by atoms with E-state index in [1.54, 1.807) is 31.2 Å². The summed E-state index contributed by atoms with van der Waals surface area (Å²) in [5.41, 5.74) is 1.29. The third-order valence-corrected chi connectivity index (χ3v) is 1.98. The number of rotatable bonds is 5. The van der Waals surface area contributed by atoms with Crippen LogP contribution < -0.4 is 5.32 Å². The second-order valence-corrected chi connectivity index (χ2v) is 3.46. The molecule has 0 saturated carbocycles. The normalized spacial score (nSPS) is 11.9. The van der Waals surface area contributed by atoms with Gasteiger partial charge in [0.15, 0.2) is 0 Å². The Balaban J connectivity index is 2.57. The van der Waals surface area contributed by atoms with Crippen LogP contribution in [0.5, 0.6) is 0 Å². The summed E-state index contributed by atoms with van der Waals surface area (Å²) in [6.07, 6.45) is -0.898. The smallest absolute Gasteiger partial charge is 0.338 e. The predicted molar refractivity (Wildman–Crippen MR) is 61.5 cm³/mol. The highest BCUT2D eigenvalue weighted by atomic mass is 19.1. The fourth-order valence-electron chi connectivity index (χ4n) is 1.20. The van der Waals surface area contributed by atoms with Crippen molar-refractivity contribution in [2.24, 2.45) is 0 Å². The monoisotopic (exact) mass is 225 g/mol. The molecule has 16 heavy (non-hydrogen) atoms. The van der Waals surface area contributed by atoms with Gasteiger partial charge >= 0.3 is 5.97 Å². The van der Waals surface area contributed by atoms with E-state index in [2.05, 4.69) is 5.32 Å². The molecule has 1 N–H and O–H groups in total. The number of hydrogen-bond acceptors (Lipinski definition) is 3. The molecule has 0 aliphatic rings. The number of benzene rings is 1. The Morgan fingerprint density at radius 2 is 2.06 bits per heavy atom. The summed E-state index contributed by atoms with van der Waals surface area (Å²) < 4.78 is 17.4. The van der Waals surface area contributed by atoms with Gasteiger partial charge in [0.25, 0.3) is 0 Å². The fraction of sp³-hybridized carbons (Fsp3) is 0.417. The largest absolute Gasteiger partial charge is 0.462 e. The summed E-state index contributed by atoms with van der Waals surface area (Å²) >= 11 is 0. The van der Waals surface area contributed by atoms with E-state index < -0.39 is 6.17 Å². The average Bonchev–Trinajstić information content (AvgIpc) is 2.27. The lowest BCUT2D eigenvalue weighted by Crippen LogP contribution is -2.11. The number of alkyl halides is 1. The van der Waals surface area contributed by atoms with Crippen molar-refractivity contribution in [3.63, 3.8) is 0 Å². The van der Waals surface area contributed by atoms with Crippen LogP contribution in [0.25, 0.3) is 0 Å². The minimum atomic E-state index is -0.898. The molecule has 1 aromatic rings. The molecule has 1 atom stereocenters. The topological polar surface area (TPSA) is 38.3 Å². The molecular weight excluding hydrogens is 209 g/mol. The molecule has 0 aromatic heterocycles. The first-order chi connectivity index (χ1) is 7.63. The number of hydrogen-bond donors (Lipinski definition) is 1. The minimum absolute atomic E-state index is 0.263. The SMILES string of the molecule is CCOC(=O)c1ccc(NCC(C)F)cc1. The molecule has 88 valence electrons. The zero-order valence-electron chi connectivity index (χ0n) is 9.50. The molecule has 0 heterocycles. The van der Waals surface area contributed by atoms with E-state index >= 15 is 0 Å². The van der Waals surface area contributed by atoms with Crippen molar-refractivity contribution in [2.45, 2.75) is 20.0 Å². The van der Waals surface area contributed by atoms with Gasteiger partial charge in [-0.25, -0.2) is 9.18 Å². The molecule has 3 nitrogen and oxygen atoms in total. The number of carbonyl (C=O) groups excluding carboxylic acids is 1. The molecule has 0 radical (unpaired) electrons. The molecule has 0 fully saturated rings. The van der Waals surface area contributed by atoms with E-state index in [4.69, 9.17) is 4.74 Å². The minimum Gasteiger partial charge on any atom is -0.462 e. The van der Waals surface area contributed by atoms with Crippen LogP contribution >= 0.6 is 0 Å². The Hall–Kier alpha value is -1.58. The molecule has 0 amide bonds. The summed E-state index contributed by atoms with van der Waals surface area (Å²) in [7, 11) is 0. The molecule has 0 spiro atoms. The van der Waals surface area contributed by atoms with Crippen LogP contribution in [-0.4, -0.2) is 25.3 Å². The first kappa shape index (κ1) is 12.5. The number of esters is 1. The maximum Gasteiger partial charge on any atom is 0.338 e. The zero-order valence-corrected chi connectivity index (χ0v) is 9.50. The second-order valence-electron chi connectivity index (χ2n) is 3.46. The van der Waals surface area contributed by atoms with E-state index in [1.165, 1.54) is 6.92 Å². The van der Waals surface area contributed by atoms with Crippen molar-refractivity contribution in [1.29, 1.82) is 0 Å². The molecular formula is C12H16FNO2. The molecule has 4 heteroatoms. The maximum absolute atomic E-state index is 12.6. The number of ether oxygens (including phenoxy) is 1. The molecule has 1 rings (SSSR count). The Bertz CT molecular complexity index is 335. The van der Waals surface area contributed by atoms with Crippen LogP contribution in [0, 0.1) is 0 Å². The first-order valence-electron chi connectivity index (χ1n) is 5.28. The third kappa shape index (κ3) is 3.88. The van der Waals surface area contributed by atoms with E-state index in [9.17, 15) is 9.18 Å². The van der Waals surface area contributed by atoms with Gasteiger partial charge in [-0.1, -0.05) is 0 Å². The van der Waals surface area contributed by atoms with Gasteiger partial charge in [-0.15, -0.1) is 0 Å². The third-order valence-electron chi connectivity index (χ3n) is 1.98. The lowest BCUT2D eigenvalue weighted by atomic mass is 10.2. The highest BCUT2D eigenvalue weighted by Crippen LogP contribution is 2.10. The van der Waals surface area contributed by atoms with E-state index in [0.717, 1.165) is 5.69 Å². The lowest BCUT2D eigenvalue weighted by molar-refractivity contribution is 0.0526. The molecule has 0 aliphatic carbocycles. The number of halogens is 1. The Kier molecular flexibility index (Phi) is 4.76. The molecule has 0 bridgehead atoms. The summed E-state index contributed by atoms with van der Waals surface area (Å²) in [5.74, 6) is -0.340. The van der Waals surface area contributed by atoms with Gasteiger partial charge in [-0.2, -0.15) is 0 Å². The first-order valence-corrected chi connectivity index (χ1v) is 5.28. The van der Waals surface area contributed by atoms with Crippen LogP contribution in [-0.2, 0) is 4.74 Å². The summed E-state index contributed by atoms with van der Waals surface area (Å²) in [6, 6.07) is 6.77. The maximum atomic E-state index is 12.6. The molecule has 1 unspecified atom stereocenters. The fourth-order valence-corrected chi connectivity index (χ4v) is 1.20. The molecule has 1 aromatic carbocycles. The van der Waals surface area contributed by atoms with Gasteiger partial charge in [0, 0.05) is 12.2 Å². The summed E-state index contributed by atoms with van der Waals surface area (Å²) in [4.78, 5) is 11.3. The Labute approximate surface area is 94.6 Å². The van der Waals surface area contributed by atoms with Crippen molar-refractivity contribution in [1.82, 2.24) is 0 Å². The Morgan fingerprint density at radius 1 is 1.44 bits per heavy atom. The van der Waals surface area contributed by atoms with Gasteiger partial charge in [0.1, 0.15) is 6.17 Å². The van der Waals surface area contributed by atoms with Crippen LogP contribution in [0.2, 0.25) is 0 Å². The Morgan fingerprint density at radius 3 is 2.56 bits per heavy atom. The standard InChI is InChI=1S/C12H16FNO2/c1-3-16-12(15)10-4-6-11(7-5-10)14-8-9(2)13/h4-7,9,14H,3,8H2,1-2H3. The van der Waals surface area contributed by atoms with Crippen LogP contribution in [0.1, 0.15) is 24.2 Å². The average molecular weight is 225 g/mol. The number of nitrogens with one attached hydrogen (secondary N) is 1. The second kappa shape index (κ2) is 6.10. The molecule has 0 aliphatic heterocycles. The van der Waals surface area contributed by atoms with Gasteiger partial charge in [-0.3, -0.25) is 0 Å². The highest BCUT2D eigenvalue weighted by molar-refractivity contribution is 5.89. The van der Waals surface area contributed by atoms with Gasteiger partial charge in [-0.05, 0) is 38.1 Å². The van der Waals surface area contributed by atoms with Crippen LogP contribution in [0.15, 0.2) is 24.3 Å². The van der Waals surface area contributed by atoms with Crippen LogP contribution in [0.4, 0.5) is 10.1 Å². The quantitative estimate of drug-likeness (QED) is 0.783. The van der Waals surface area contributed by atoms with E-state index in [1.807, 2.05) is 0 Å². The highest BCUT2D eigenvalue weighted by Gasteiger charge is 2.05. The van der Waals surface area contributed by atoms with Crippen molar-refractivity contribution >= 4 is 11.7 Å². The zero-order chi connectivity index (χ0) is 12.0. The lowest BCUT2D eigenvalue weighted by Gasteiger charge is -2.07. The van der Waals surface area contributed by atoms with Crippen LogP contribution in [0.3, 0.4) is 0 Å². The number of carbonyl (C=O) groups is 1. The summed E-state index contributed by atoms with van der Waals surface area (Å²) in [6.45, 7) is 3.87. The van der Waals surface area contributed by atoms with Crippen molar-refractivity contribution in [3.05, 3.63) is 29.8 Å². The predicted octanol–water partition coefficient (Wildman–Crippen LogP) is 2.63. The van der Waals surface area contributed by atoms with Crippen molar-refractivity contribution in [2.75, 3.05) is 18.5 Å². The van der Waals surface area contributed by atoms with E-state index in [0.29, 0.717) is 12.2 Å². The number of anilines is 1. The van der Waals surface area contributed by atoms with Crippen molar-refractivity contribution < 1.29 is 13.9 Å². The van der Waals surface area contributed by atoms with Gasteiger partial charge in [0.2, 0.25) is 0 Å². The van der Waals surface area contributed by atoms with E-state index in [-0.39, 0.29) is 12.5 Å².